The molecular weight excluding hydrogens is 364 g/mol. The maximum absolute atomic E-state index is 13.3. The van der Waals surface area contributed by atoms with E-state index in [9.17, 15) is 9.90 Å². The standard InChI is InChI=1S/C24H28N2O3/c1-15-16(2)23-20(13-18(15)12-17-8-10-19(29-3)11-9-17)24(28)26(14-25-23)21-6-4-5-7-22(21)27/h8-11,13-14,21-22,27H,4-7,12H2,1-3H3/t21-,22-/m0/s1. The minimum absolute atomic E-state index is 0.0555. The SMILES string of the molecule is COc1ccc(Cc2cc3c(=O)n([C@H]4CCCC[C@@H]4O)cnc3c(C)c2C)cc1. The number of nitrogens with zero attached hydrogens (tertiary/aromatic N) is 2. The van der Waals surface area contributed by atoms with Crippen molar-refractivity contribution >= 4 is 10.9 Å². The van der Waals surface area contributed by atoms with Crippen molar-refractivity contribution in [3.05, 3.63) is 69.3 Å². The van der Waals surface area contributed by atoms with Gasteiger partial charge in [0.25, 0.3) is 5.56 Å². The Hall–Kier alpha value is -2.66. The number of hydrogen-bond donors (Lipinski definition) is 1. The Morgan fingerprint density at radius 3 is 2.55 bits per heavy atom. The minimum Gasteiger partial charge on any atom is -0.497 e. The highest BCUT2D eigenvalue weighted by Gasteiger charge is 2.26. The molecule has 0 bridgehead atoms. The second-order valence-corrected chi connectivity index (χ2v) is 8.08. The van der Waals surface area contributed by atoms with Gasteiger partial charge in [-0.2, -0.15) is 0 Å². The van der Waals surface area contributed by atoms with Gasteiger partial charge in [0.05, 0.1) is 36.5 Å². The first-order valence-corrected chi connectivity index (χ1v) is 10.3. The third-order valence-electron chi connectivity index (χ3n) is 6.35. The van der Waals surface area contributed by atoms with E-state index in [4.69, 9.17) is 4.74 Å². The van der Waals surface area contributed by atoms with Crippen molar-refractivity contribution in [1.82, 2.24) is 9.55 Å². The molecule has 1 aliphatic carbocycles. The Morgan fingerprint density at radius 2 is 1.86 bits per heavy atom. The smallest absolute Gasteiger partial charge is 0.261 e. The van der Waals surface area contributed by atoms with Gasteiger partial charge in [0.15, 0.2) is 0 Å². The number of methoxy groups -OCH3 is 1. The molecule has 1 saturated carbocycles. The quantitative estimate of drug-likeness (QED) is 0.726. The van der Waals surface area contributed by atoms with Crippen molar-refractivity contribution in [2.24, 2.45) is 0 Å². The molecule has 4 rings (SSSR count). The molecular formula is C24H28N2O3. The van der Waals surface area contributed by atoms with Crippen molar-refractivity contribution in [2.45, 2.75) is 58.1 Å². The normalized spacial score (nSPS) is 19.4. The number of aromatic nitrogens is 2. The van der Waals surface area contributed by atoms with Gasteiger partial charge in [-0.3, -0.25) is 9.36 Å². The van der Waals surface area contributed by atoms with Gasteiger partial charge in [0, 0.05) is 0 Å². The van der Waals surface area contributed by atoms with Crippen LogP contribution in [-0.2, 0) is 6.42 Å². The molecule has 3 aromatic rings. The van der Waals surface area contributed by atoms with Crippen LogP contribution < -0.4 is 10.3 Å². The molecule has 29 heavy (non-hydrogen) atoms. The fourth-order valence-electron chi connectivity index (χ4n) is 4.41. The number of rotatable bonds is 4. The van der Waals surface area contributed by atoms with Crippen molar-refractivity contribution in [1.29, 1.82) is 0 Å². The summed E-state index contributed by atoms with van der Waals surface area (Å²) in [6, 6.07) is 9.83. The number of aryl methyl sites for hydroxylation is 1. The average Bonchev–Trinajstić information content (AvgIpc) is 2.74. The molecule has 1 heterocycles. The van der Waals surface area contributed by atoms with Gasteiger partial charge in [0.1, 0.15) is 5.75 Å². The van der Waals surface area contributed by atoms with Gasteiger partial charge in [-0.25, -0.2) is 4.98 Å². The first kappa shape index (κ1) is 19.6. The number of fused-ring (bicyclic) bond motifs is 1. The van der Waals surface area contributed by atoms with Gasteiger partial charge in [-0.15, -0.1) is 0 Å². The van der Waals surface area contributed by atoms with Crippen LogP contribution >= 0.6 is 0 Å². The monoisotopic (exact) mass is 392 g/mol. The molecule has 0 radical (unpaired) electrons. The molecule has 0 aliphatic heterocycles. The van der Waals surface area contributed by atoms with Crippen LogP contribution in [0.1, 0.15) is 54.0 Å². The molecule has 0 unspecified atom stereocenters. The molecule has 5 nitrogen and oxygen atoms in total. The van der Waals surface area contributed by atoms with E-state index in [1.165, 1.54) is 5.56 Å². The molecule has 5 heteroatoms. The number of hydrogen-bond acceptors (Lipinski definition) is 4. The van der Waals surface area contributed by atoms with Crippen LogP contribution in [-0.4, -0.2) is 27.9 Å². The van der Waals surface area contributed by atoms with Crippen LogP contribution in [0.25, 0.3) is 10.9 Å². The first-order valence-electron chi connectivity index (χ1n) is 10.3. The highest BCUT2D eigenvalue weighted by Crippen LogP contribution is 2.29. The summed E-state index contributed by atoms with van der Waals surface area (Å²) in [6.07, 6.45) is 5.49. The Bertz CT molecular complexity index is 1090. The van der Waals surface area contributed by atoms with Gasteiger partial charge in [-0.1, -0.05) is 25.0 Å². The largest absolute Gasteiger partial charge is 0.497 e. The number of benzene rings is 2. The zero-order chi connectivity index (χ0) is 20.5. The van der Waals surface area contributed by atoms with Crippen LogP contribution in [0, 0.1) is 13.8 Å². The van der Waals surface area contributed by atoms with Gasteiger partial charge in [0.2, 0.25) is 0 Å². The fourth-order valence-corrected chi connectivity index (χ4v) is 4.41. The summed E-state index contributed by atoms with van der Waals surface area (Å²) in [6.45, 7) is 4.12. The predicted octanol–water partition coefficient (Wildman–Crippen LogP) is 4.09. The van der Waals surface area contributed by atoms with Gasteiger partial charge in [-0.05, 0) is 73.6 Å². The third kappa shape index (κ3) is 3.67. The first-order chi connectivity index (χ1) is 14.0. The van der Waals surface area contributed by atoms with E-state index in [0.717, 1.165) is 60.1 Å². The average molecular weight is 392 g/mol. The summed E-state index contributed by atoms with van der Waals surface area (Å²) < 4.78 is 6.89. The topological polar surface area (TPSA) is 64.3 Å². The predicted molar refractivity (Wildman–Crippen MR) is 115 cm³/mol. The fraction of sp³-hybridized carbons (Fsp3) is 0.417. The molecule has 0 spiro atoms. The summed E-state index contributed by atoms with van der Waals surface area (Å²) in [7, 11) is 1.66. The van der Waals surface area contributed by atoms with Gasteiger partial charge < -0.3 is 9.84 Å². The lowest BCUT2D eigenvalue weighted by Crippen LogP contribution is -2.34. The molecule has 1 fully saturated rings. The van der Waals surface area contributed by atoms with Crippen molar-refractivity contribution in [2.75, 3.05) is 7.11 Å². The molecule has 2 atom stereocenters. The molecule has 1 aromatic heterocycles. The van der Waals surface area contributed by atoms with Crippen molar-refractivity contribution < 1.29 is 9.84 Å². The summed E-state index contributed by atoms with van der Waals surface area (Å²) in [4.78, 5) is 17.9. The van der Waals surface area contributed by atoms with Gasteiger partial charge >= 0.3 is 0 Å². The number of aliphatic hydroxyl groups excluding tert-OH is 1. The summed E-state index contributed by atoms with van der Waals surface area (Å²) in [5.74, 6) is 0.832. The molecule has 1 aliphatic rings. The number of aliphatic hydroxyl groups is 1. The van der Waals surface area contributed by atoms with Crippen LogP contribution in [0.2, 0.25) is 0 Å². The lowest BCUT2D eigenvalue weighted by Gasteiger charge is -2.29. The summed E-state index contributed by atoms with van der Waals surface area (Å²) in [5.41, 5.74) is 5.20. The summed E-state index contributed by atoms with van der Waals surface area (Å²) in [5, 5.41) is 11.0. The molecule has 1 N–H and O–H groups in total. The van der Waals surface area contributed by atoms with Crippen LogP contribution in [0.5, 0.6) is 5.75 Å². The Labute approximate surface area is 171 Å². The molecule has 2 aromatic carbocycles. The molecule has 0 saturated heterocycles. The van der Waals surface area contributed by atoms with E-state index in [0.29, 0.717) is 5.39 Å². The van der Waals surface area contributed by atoms with E-state index in [2.05, 4.69) is 24.0 Å². The van der Waals surface area contributed by atoms with Crippen LogP contribution in [0.3, 0.4) is 0 Å². The number of ether oxygens (including phenoxy) is 1. The van der Waals surface area contributed by atoms with E-state index in [-0.39, 0.29) is 11.6 Å². The third-order valence-corrected chi connectivity index (χ3v) is 6.35. The van der Waals surface area contributed by atoms with Crippen LogP contribution in [0.4, 0.5) is 0 Å². The van der Waals surface area contributed by atoms with E-state index in [1.807, 2.05) is 25.1 Å². The highest BCUT2D eigenvalue weighted by atomic mass is 16.5. The highest BCUT2D eigenvalue weighted by molar-refractivity contribution is 5.83. The Kier molecular flexibility index (Phi) is 5.41. The lowest BCUT2D eigenvalue weighted by atomic mass is 9.92. The van der Waals surface area contributed by atoms with E-state index >= 15 is 0 Å². The molecule has 0 amide bonds. The maximum atomic E-state index is 13.3. The maximum Gasteiger partial charge on any atom is 0.261 e. The zero-order valence-corrected chi connectivity index (χ0v) is 17.3. The Balaban J connectivity index is 1.78. The Morgan fingerprint density at radius 1 is 1.14 bits per heavy atom. The molecule has 152 valence electrons. The van der Waals surface area contributed by atoms with E-state index in [1.54, 1.807) is 18.0 Å². The van der Waals surface area contributed by atoms with E-state index < -0.39 is 6.10 Å². The zero-order valence-electron chi connectivity index (χ0n) is 17.3. The second kappa shape index (κ2) is 7.99. The second-order valence-electron chi connectivity index (χ2n) is 8.08. The minimum atomic E-state index is -0.481. The van der Waals surface area contributed by atoms with Crippen molar-refractivity contribution in [3.8, 4) is 5.75 Å². The van der Waals surface area contributed by atoms with Crippen LogP contribution in [0.15, 0.2) is 41.5 Å². The van der Waals surface area contributed by atoms with Crippen molar-refractivity contribution in [3.63, 3.8) is 0 Å². The summed E-state index contributed by atoms with van der Waals surface area (Å²) >= 11 is 0. The lowest BCUT2D eigenvalue weighted by molar-refractivity contribution is 0.0735.